The van der Waals surface area contributed by atoms with Crippen LogP contribution in [-0.4, -0.2) is 34.9 Å². The molecule has 9 heteroatoms. The summed E-state index contributed by atoms with van der Waals surface area (Å²) in [5, 5.41) is 8.05. The van der Waals surface area contributed by atoms with Gasteiger partial charge in [-0.25, -0.2) is 0 Å². The number of hydrogen-bond acceptors (Lipinski definition) is 7. The van der Waals surface area contributed by atoms with Crippen molar-refractivity contribution in [3.05, 3.63) is 106 Å². The number of para-hydroxylation sites is 1. The molecule has 0 atom stereocenters. The lowest BCUT2D eigenvalue weighted by Gasteiger charge is -2.14. The number of hydrogen-bond donors (Lipinski definition) is 1. The Kier molecular flexibility index (Phi) is 7.46. The fraction of sp³-hybridized carbons (Fsp3) is 0.161. The number of nitrogens with zero attached hydrogens (tertiary/aromatic N) is 3. The number of rotatable bonds is 8. The molecule has 0 saturated carbocycles. The van der Waals surface area contributed by atoms with E-state index in [-0.39, 0.29) is 11.3 Å². The van der Waals surface area contributed by atoms with Gasteiger partial charge in [-0.3, -0.25) is 14.6 Å². The van der Waals surface area contributed by atoms with Crippen molar-refractivity contribution in [2.75, 3.05) is 19.5 Å². The number of nitrogens with one attached hydrogen (secondary N) is 1. The topological polar surface area (TPSA) is 105 Å². The number of carbonyl (C=O) groups excluding carboxylic acids is 1. The van der Waals surface area contributed by atoms with E-state index in [2.05, 4.69) is 15.4 Å². The monoisotopic (exact) mass is 536 g/mol. The van der Waals surface area contributed by atoms with Crippen molar-refractivity contribution in [2.24, 2.45) is 0 Å². The van der Waals surface area contributed by atoms with Crippen LogP contribution in [0.1, 0.15) is 28.5 Å². The Balaban J connectivity index is 1.43. The van der Waals surface area contributed by atoms with E-state index in [9.17, 15) is 9.59 Å². The predicted molar refractivity (Wildman–Crippen MR) is 153 cm³/mol. The minimum atomic E-state index is -0.441. The molecule has 2 heterocycles. The molecule has 9 nitrogen and oxygen atoms in total. The first-order valence-corrected chi connectivity index (χ1v) is 12.7. The van der Waals surface area contributed by atoms with Crippen LogP contribution in [0.15, 0.2) is 83.8 Å². The Morgan fingerprint density at radius 3 is 2.48 bits per heavy atom. The van der Waals surface area contributed by atoms with Crippen molar-refractivity contribution in [3.8, 4) is 28.7 Å². The third kappa shape index (κ3) is 5.22. The van der Waals surface area contributed by atoms with Crippen molar-refractivity contribution < 1.29 is 19.0 Å². The molecular formula is C31H28N4O5. The van der Waals surface area contributed by atoms with Gasteiger partial charge in [0.15, 0.2) is 17.2 Å². The highest BCUT2D eigenvalue weighted by Crippen LogP contribution is 2.37. The zero-order valence-corrected chi connectivity index (χ0v) is 22.6. The zero-order valence-electron chi connectivity index (χ0n) is 22.6. The Morgan fingerprint density at radius 1 is 0.925 bits per heavy atom. The summed E-state index contributed by atoms with van der Waals surface area (Å²) < 4.78 is 18.3. The highest BCUT2D eigenvalue weighted by Gasteiger charge is 2.17. The van der Waals surface area contributed by atoms with Gasteiger partial charge in [-0.15, -0.1) is 0 Å². The van der Waals surface area contributed by atoms with E-state index in [1.54, 1.807) is 63.7 Å². The first-order chi connectivity index (χ1) is 19.4. The summed E-state index contributed by atoms with van der Waals surface area (Å²) in [5.74, 6) is 1.75. The maximum Gasteiger partial charge on any atom is 0.276 e. The fourth-order valence-corrected chi connectivity index (χ4v) is 4.45. The van der Waals surface area contributed by atoms with Crippen LogP contribution < -0.4 is 25.1 Å². The van der Waals surface area contributed by atoms with Crippen LogP contribution in [0.2, 0.25) is 0 Å². The Labute approximate surface area is 231 Å². The van der Waals surface area contributed by atoms with Crippen LogP contribution in [0, 0.1) is 6.92 Å². The SMILES string of the molecule is CCc1ccccc1-n1nc(C(=O)Nc2cccc(Oc3ccnc4cc(OC)c(OC)cc34)c2)c(C)cc1=O. The Hall–Kier alpha value is -5.18. The molecule has 0 radical (unpaired) electrons. The fourth-order valence-electron chi connectivity index (χ4n) is 4.45. The number of pyridine rings is 1. The summed E-state index contributed by atoms with van der Waals surface area (Å²) in [6.07, 6.45) is 2.37. The summed E-state index contributed by atoms with van der Waals surface area (Å²) in [6, 6.07) is 21.3. The van der Waals surface area contributed by atoms with E-state index in [0.29, 0.717) is 45.5 Å². The van der Waals surface area contributed by atoms with Gasteiger partial charge in [0.2, 0.25) is 0 Å². The Bertz CT molecular complexity index is 1780. The number of amides is 1. The highest BCUT2D eigenvalue weighted by molar-refractivity contribution is 6.03. The van der Waals surface area contributed by atoms with Gasteiger partial charge in [0, 0.05) is 35.5 Å². The second kappa shape index (κ2) is 11.3. The number of methoxy groups -OCH3 is 2. The molecule has 0 bridgehead atoms. The van der Waals surface area contributed by atoms with Crippen LogP contribution in [0.25, 0.3) is 16.6 Å². The van der Waals surface area contributed by atoms with E-state index in [1.165, 1.54) is 10.7 Å². The number of benzene rings is 3. The highest BCUT2D eigenvalue weighted by atomic mass is 16.5. The molecule has 40 heavy (non-hydrogen) atoms. The lowest BCUT2D eigenvalue weighted by molar-refractivity contribution is 0.102. The molecule has 0 saturated heterocycles. The van der Waals surface area contributed by atoms with Gasteiger partial charge in [0.1, 0.15) is 11.5 Å². The first-order valence-electron chi connectivity index (χ1n) is 12.7. The molecule has 5 aromatic rings. The molecule has 202 valence electrons. The third-order valence-corrected chi connectivity index (χ3v) is 6.46. The molecular weight excluding hydrogens is 508 g/mol. The molecule has 1 amide bonds. The number of ether oxygens (including phenoxy) is 3. The summed E-state index contributed by atoms with van der Waals surface area (Å²) in [7, 11) is 3.14. The van der Waals surface area contributed by atoms with Crippen molar-refractivity contribution in [1.29, 1.82) is 0 Å². The molecule has 0 aliphatic carbocycles. The number of carbonyl (C=O) groups is 1. The minimum Gasteiger partial charge on any atom is -0.493 e. The normalized spacial score (nSPS) is 10.8. The molecule has 3 aromatic carbocycles. The van der Waals surface area contributed by atoms with Gasteiger partial charge in [-0.2, -0.15) is 9.78 Å². The summed E-state index contributed by atoms with van der Waals surface area (Å²) in [6.45, 7) is 3.69. The maximum absolute atomic E-state index is 13.3. The molecule has 0 aliphatic rings. The molecule has 0 fully saturated rings. The van der Waals surface area contributed by atoms with Crippen LogP contribution in [0.5, 0.6) is 23.0 Å². The molecule has 0 spiro atoms. The summed E-state index contributed by atoms with van der Waals surface area (Å²) in [5.41, 5.74) is 3.12. The van der Waals surface area contributed by atoms with Gasteiger partial charge in [0.25, 0.3) is 11.5 Å². The van der Waals surface area contributed by atoms with E-state index in [0.717, 1.165) is 17.4 Å². The van der Waals surface area contributed by atoms with Crippen LogP contribution in [0.4, 0.5) is 5.69 Å². The quantitative estimate of drug-likeness (QED) is 0.271. The van der Waals surface area contributed by atoms with Crippen molar-refractivity contribution in [1.82, 2.24) is 14.8 Å². The van der Waals surface area contributed by atoms with Gasteiger partial charge >= 0.3 is 0 Å². The van der Waals surface area contributed by atoms with Crippen molar-refractivity contribution >= 4 is 22.5 Å². The van der Waals surface area contributed by atoms with Gasteiger partial charge in [-0.1, -0.05) is 31.2 Å². The average Bonchev–Trinajstić information content (AvgIpc) is 2.96. The lowest BCUT2D eigenvalue weighted by Crippen LogP contribution is -2.27. The number of aromatic nitrogens is 3. The lowest BCUT2D eigenvalue weighted by atomic mass is 10.1. The number of fused-ring (bicyclic) bond motifs is 1. The minimum absolute atomic E-state index is 0.151. The second-order valence-corrected chi connectivity index (χ2v) is 9.03. The molecule has 0 aliphatic heterocycles. The predicted octanol–water partition coefficient (Wildman–Crippen LogP) is 5.71. The van der Waals surface area contributed by atoms with Crippen LogP contribution in [-0.2, 0) is 6.42 Å². The third-order valence-electron chi connectivity index (χ3n) is 6.46. The van der Waals surface area contributed by atoms with Gasteiger partial charge in [-0.05, 0) is 54.8 Å². The Morgan fingerprint density at radius 2 is 1.70 bits per heavy atom. The van der Waals surface area contributed by atoms with E-state index < -0.39 is 5.91 Å². The maximum atomic E-state index is 13.3. The van der Waals surface area contributed by atoms with E-state index in [1.807, 2.05) is 37.3 Å². The molecule has 2 aromatic heterocycles. The molecule has 5 rings (SSSR count). The number of aryl methyl sites for hydroxylation is 2. The van der Waals surface area contributed by atoms with Gasteiger partial charge < -0.3 is 19.5 Å². The van der Waals surface area contributed by atoms with Gasteiger partial charge in [0.05, 0.1) is 25.4 Å². The average molecular weight is 537 g/mol. The van der Waals surface area contributed by atoms with E-state index >= 15 is 0 Å². The summed E-state index contributed by atoms with van der Waals surface area (Å²) >= 11 is 0. The first kappa shape index (κ1) is 26.4. The molecule has 1 N–H and O–H groups in total. The van der Waals surface area contributed by atoms with Crippen LogP contribution in [0.3, 0.4) is 0 Å². The zero-order chi connectivity index (χ0) is 28.2. The second-order valence-electron chi connectivity index (χ2n) is 9.03. The summed E-state index contributed by atoms with van der Waals surface area (Å²) in [4.78, 5) is 30.5. The molecule has 0 unspecified atom stereocenters. The van der Waals surface area contributed by atoms with E-state index in [4.69, 9.17) is 14.2 Å². The number of anilines is 1. The smallest absolute Gasteiger partial charge is 0.276 e. The standard InChI is InChI=1S/C31H28N4O5/c1-5-20-9-6-7-12-25(20)35-29(36)15-19(2)30(34-35)31(37)33-21-10-8-11-22(16-21)40-26-13-14-32-24-18-28(39-4)27(38-3)17-23(24)26/h6-18H,5H2,1-4H3,(H,33,37). The van der Waals surface area contributed by atoms with Crippen LogP contribution >= 0.6 is 0 Å². The van der Waals surface area contributed by atoms with Crippen molar-refractivity contribution in [3.63, 3.8) is 0 Å². The van der Waals surface area contributed by atoms with Crippen molar-refractivity contribution in [2.45, 2.75) is 20.3 Å². The largest absolute Gasteiger partial charge is 0.493 e.